The van der Waals surface area contributed by atoms with Crippen LogP contribution in [0.1, 0.15) is 11.6 Å². The number of nitrogens with one attached hydrogen (secondary N) is 2. The molecule has 7 rings (SSSR count). The van der Waals surface area contributed by atoms with Crippen molar-refractivity contribution in [2.45, 2.75) is 13.1 Å². The molecule has 0 radical (unpaired) electrons. The molecule has 6 heterocycles. The summed E-state index contributed by atoms with van der Waals surface area (Å²) in [6.07, 6.45) is 5.53. The third kappa shape index (κ3) is 3.94. The summed E-state index contributed by atoms with van der Waals surface area (Å²) >= 11 is 6.12. The maximum absolute atomic E-state index is 14.6. The van der Waals surface area contributed by atoms with Gasteiger partial charge in [0.25, 0.3) is 0 Å². The second kappa shape index (κ2) is 8.75. The number of benzene rings is 1. The Bertz CT molecular complexity index is 1690. The molecule has 2 aliphatic heterocycles. The minimum atomic E-state index is -0.388. The third-order valence-corrected chi connectivity index (χ3v) is 6.96. The first-order valence-electron chi connectivity index (χ1n) is 12.0. The standard InChI is InChI=1S/C26H21ClFN9/c27-16-1-2-19(28)18(9-16)24-25(32-14-31-24)21-4-3-20-22(33-21)10-17(12-30-20)36-7-8-37-23(13-36)34-26(35-37)15-5-6-29-11-15/h1-5,9-10,12,14,29H,6-8,11,13H2,(H,31,32). The van der Waals surface area contributed by atoms with Crippen molar-refractivity contribution in [1.82, 2.24) is 40.0 Å². The largest absolute Gasteiger partial charge is 0.361 e. The molecule has 0 amide bonds. The topological polar surface area (TPSA) is 100 Å². The van der Waals surface area contributed by atoms with Crippen molar-refractivity contribution >= 4 is 33.9 Å². The van der Waals surface area contributed by atoms with E-state index < -0.39 is 0 Å². The van der Waals surface area contributed by atoms with Crippen molar-refractivity contribution < 1.29 is 4.39 Å². The zero-order valence-electron chi connectivity index (χ0n) is 19.6. The van der Waals surface area contributed by atoms with Crippen LogP contribution in [0.15, 0.2) is 55.0 Å². The van der Waals surface area contributed by atoms with E-state index in [9.17, 15) is 4.39 Å². The Morgan fingerprint density at radius 1 is 1.00 bits per heavy atom. The lowest BCUT2D eigenvalue weighted by Crippen LogP contribution is -2.34. The van der Waals surface area contributed by atoms with E-state index in [1.807, 2.05) is 29.1 Å². The Kier molecular flexibility index (Phi) is 5.22. The number of rotatable bonds is 4. The van der Waals surface area contributed by atoms with E-state index in [4.69, 9.17) is 26.7 Å². The van der Waals surface area contributed by atoms with Crippen molar-refractivity contribution in [3.8, 4) is 22.6 Å². The summed E-state index contributed by atoms with van der Waals surface area (Å²) in [7, 11) is 0. The molecule has 0 unspecified atom stereocenters. The van der Waals surface area contributed by atoms with Gasteiger partial charge in [-0.1, -0.05) is 17.7 Å². The molecule has 4 aromatic heterocycles. The monoisotopic (exact) mass is 513 g/mol. The zero-order chi connectivity index (χ0) is 24.9. The SMILES string of the molecule is Fc1ccc(Cl)cc1-c1[nH]cnc1-c1ccc2ncc(N3CCn4nc(C5=CCNC5)nc4C3)cc2n1. The Hall–Kier alpha value is -4.15. The summed E-state index contributed by atoms with van der Waals surface area (Å²) in [6.45, 7) is 3.83. The number of halogens is 2. The van der Waals surface area contributed by atoms with Crippen molar-refractivity contribution in [3.63, 3.8) is 0 Å². The molecule has 0 saturated heterocycles. The van der Waals surface area contributed by atoms with Crippen molar-refractivity contribution in [3.05, 3.63) is 77.5 Å². The van der Waals surface area contributed by atoms with E-state index in [-0.39, 0.29) is 5.82 Å². The molecular formula is C26H21ClFN9. The molecule has 37 heavy (non-hydrogen) atoms. The zero-order valence-corrected chi connectivity index (χ0v) is 20.4. The van der Waals surface area contributed by atoms with Gasteiger partial charge in [0.2, 0.25) is 0 Å². The summed E-state index contributed by atoms with van der Waals surface area (Å²) in [5, 5.41) is 8.43. The number of aromatic amines is 1. The van der Waals surface area contributed by atoms with Gasteiger partial charge in [-0.15, -0.1) is 0 Å². The smallest absolute Gasteiger partial charge is 0.178 e. The molecule has 9 nitrogen and oxygen atoms in total. The molecule has 11 heteroatoms. The molecule has 0 atom stereocenters. The fourth-order valence-corrected chi connectivity index (χ4v) is 4.99. The Morgan fingerprint density at radius 3 is 2.84 bits per heavy atom. The number of hydrogen-bond acceptors (Lipinski definition) is 7. The quantitative estimate of drug-likeness (QED) is 0.373. The second-order valence-electron chi connectivity index (χ2n) is 9.04. The second-order valence-corrected chi connectivity index (χ2v) is 9.47. The van der Waals surface area contributed by atoms with Crippen LogP contribution in [0.3, 0.4) is 0 Å². The van der Waals surface area contributed by atoms with Gasteiger partial charge in [-0.05, 0) is 36.4 Å². The lowest BCUT2D eigenvalue weighted by Gasteiger charge is -2.28. The molecule has 5 aromatic rings. The van der Waals surface area contributed by atoms with Crippen molar-refractivity contribution in [2.24, 2.45) is 0 Å². The molecule has 0 fully saturated rings. The van der Waals surface area contributed by atoms with Crippen LogP contribution in [0.5, 0.6) is 0 Å². The highest BCUT2D eigenvalue weighted by Gasteiger charge is 2.23. The number of anilines is 1. The van der Waals surface area contributed by atoms with Gasteiger partial charge in [0.15, 0.2) is 5.82 Å². The van der Waals surface area contributed by atoms with Crippen LogP contribution in [-0.2, 0) is 13.1 Å². The molecule has 0 spiro atoms. The van der Waals surface area contributed by atoms with E-state index in [0.29, 0.717) is 34.2 Å². The first-order chi connectivity index (χ1) is 18.1. The number of aromatic nitrogens is 7. The lowest BCUT2D eigenvalue weighted by molar-refractivity contribution is 0.512. The van der Waals surface area contributed by atoms with Gasteiger partial charge in [-0.2, -0.15) is 5.10 Å². The van der Waals surface area contributed by atoms with Gasteiger partial charge in [0.05, 0.1) is 53.7 Å². The number of pyridine rings is 2. The van der Waals surface area contributed by atoms with E-state index >= 15 is 0 Å². The molecule has 2 N–H and O–H groups in total. The van der Waals surface area contributed by atoms with Crippen LogP contribution in [0.2, 0.25) is 5.02 Å². The maximum atomic E-state index is 14.6. The van der Waals surface area contributed by atoms with Crippen LogP contribution < -0.4 is 10.2 Å². The van der Waals surface area contributed by atoms with Gasteiger partial charge in [-0.25, -0.2) is 24.0 Å². The lowest BCUT2D eigenvalue weighted by atomic mass is 10.1. The van der Waals surface area contributed by atoms with Crippen LogP contribution in [0.25, 0.3) is 39.3 Å². The Labute approximate surface area is 216 Å². The normalized spacial score (nSPS) is 15.3. The van der Waals surface area contributed by atoms with Crippen LogP contribution in [0.4, 0.5) is 10.1 Å². The molecular weight excluding hydrogens is 493 g/mol. The van der Waals surface area contributed by atoms with E-state index in [1.165, 1.54) is 18.5 Å². The highest BCUT2D eigenvalue weighted by molar-refractivity contribution is 6.30. The van der Waals surface area contributed by atoms with Gasteiger partial charge in [-0.3, -0.25) is 4.98 Å². The summed E-state index contributed by atoms with van der Waals surface area (Å²) in [6, 6.07) is 10.2. The number of nitrogens with zero attached hydrogens (tertiary/aromatic N) is 7. The van der Waals surface area contributed by atoms with Crippen molar-refractivity contribution in [2.75, 3.05) is 24.5 Å². The van der Waals surface area contributed by atoms with Gasteiger partial charge < -0.3 is 15.2 Å². The average molecular weight is 514 g/mol. The number of hydrogen-bond donors (Lipinski definition) is 2. The maximum Gasteiger partial charge on any atom is 0.178 e. The first kappa shape index (κ1) is 22.1. The highest BCUT2D eigenvalue weighted by Crippen LogP contribution is 2.32. The fourth-order valence-electron chi connectivity index (χ4n) is 4.82. The van der Waals surface area contributed by atoms with Crippen LogP contribution in [-0.4, -0.2) is 54.3 Å². The van der Waals surface area contributed by atoms with E-state index in [0.717, 1.165) is 60.1 Å². The van der Waals surface area contributed by atoms with Crippen LogP contribution in [0, 0.1) is 5.82 Å². The number of H-pyrrole nitrogens is 1. The van der Waals surface area contributed by atoms with E-state index in [2.05, 4.69) is 31.2 Å². The highest BCUT2D eigenvalue weighted by atomic mass is 35.5. The van der Waals surface area contributed by atoms with Crippen molar-refractivity contribution in [1.29, 1.82) is 0 Å². The summed E-state index contributed by atoms with van der Waals surface area (Å²) in [5.74, 6) is 1.34. The molecule has 1 aromatic carbocycles. The average Bonchev–Trinajstić information content (AvgIpc) is 3.69. The summed E-state index contributed by atoms with van der Waals surface area (Å²) < 4.78 is 16.6. The Balaban J connectivity index is 1.21. The first-order valence-corrected chi connectivity index (χ1v) is 12.3. The predicted molar refractivity (Wildman–Crippen MR) is 139 cm³/mol. The third-order valence-electron chi connectivity index (χ3n) is 6.73. The van der Waals surface area contributed by atoms with Gasteiger partial charge >= 0.3 is 0 Å². The van der Waals surface area contributed by atoms with Gasteiger partial charge in [0.1, 0.15) is 17.3 Å². The molecule has 2 aliphatic rings. The van der Waals surface area contributed by atoms with Gasteiger partial charge in [0, 0.05) is 35.8 Å². The minimum Gasteiger partial charge on any atom is -0.361 e. The predicted octanol–water partition coefficient (Wildman–Crippen LogP) is 4.08. The van der Waals surface area contributed by atoms with E-state index in [1.54, 1.807) is 6.07 Å². The fraction of sp³-hybridized carbons (Fsp3) is 0.192. The number of imidazole rings is 1. The summed E-state index contributed by atoms with van der Waals surface area (Å²) in [4.78, 5) is 24.0. The van der Waals surface area contributed by atoms with Crippen LogP contribution >= 0.6 is 11.6 Å². The molecule has 0 saturated carbocycles. The number of fused-ring (bicyclic) bond motifs is 2. The summed E-state index contributed by atoms with van der Waals surface area (Å²) in [5.41, 5.74) is 5.62. The minimum absolute atomic E-state index is 0.342. The molecule has 184 valence electrons. The Morgan fingerprint density at radius 2 is 1.95 bits per heavy atom. The molecule has 0 bridgehead atoms. The molecule has 0 aliphatic carbocycles.